The van der Waals surface area contributed by atoms with Gasteiger partial charge >= 0.3 is 0 Å². The summed E-state index contributed by atoms with van der Waals surface area (Å²) in [5, 5.41) is 16.7. The van der Waals surface area contributed by atoms with Crippen molar-refractivity contribution in [3.63, 3.8) is 0 Å². The number of hydrogen-bond acceptors (Lipinski definition) is 3. The highest BCUT2D eigenvalue weighted by molar-refractivity contribution is 5.82. The molecular weight excluding hydrogens is 264 g/mol. The maximum atomic E-state index is 12.3. The van der Waals surface area contributed by atoms with Crippen molar-refractivity contribution in [3.05, 3.63) is 0 Å². The molecule has 1 heterocycles. The van der Waals surface area contributed by atoms with Gasteiger partial charge in [-0.25, -0.2) is 0 Å². The summed E-state index contributed by atoms with van der Waals surface area (Å²) in [5.74, 6) is 1.18. The molecule has 21 heavy (non-hydrogen) atoms. The fourth-order valence-electron chi connectivity index (χ4n) is 4.54. The van der Waals surface area contributed by atoms with Crippen molar-refractivity contribution in [2.45, 2.75) is 82.4 Å². The molecule has 4 heteroatoms. The van der Waals surface area contributed by atoms with Crippen LogP contribution in [0.1, 0.15) is 64.2 Å². The third-order valence-corrected chi connectivity index (χ3v) is 5.86. The SMILES string of the molecule is O=C(NCC(O)C1CCCCC1)C1CC2CCCCC2N1. The Morgan fingerprint density at radius 3 is 2.57 bits per heavy atom. The number of carbonyl (C=O) groups excluding carboxylic acids is 1. The Bertz CT molecular complexity index is 341. The van der Waals surface area contributed by atoms with Crippen LogP contribution in [0.25, 0.3) is 0 Å². The molecule has 3 fully saturated rings. The van der Waals surface area contributed by atoms with Crippen LogP contribution in [0.2, 0.25) is 0 Å². The first kappa shape index (κ1) is 15.3. The minimum atomic E-state index is -0.363. The van der Waals surface area contributed by atoms with Crippen molar-refractivity contribution >= 4 is 5.91 Å². The summed E-state index contributed by atoms with van der Waals surface area (Å²) in [5.41, 5.74) is 0. The lowest BCUT2D eigenvalue weighted by Gasteiger charge is -2.27. The van der Waals surface area contributed by atoms with Gasteiger partial charge in [-0.05, 0) is 43.9 Å². The van der Waals surface area contributed by atoms with Crippen molar-refractivity contribution in [1.29, 1.82) is 0 Å². The van der Waals surface area contributed by atoms with Gasteiger partial charge in [-0.1, -0.05) is 32.1 Å². The molecular formula is C17H30N2O2. The number of fused-ring (bicyclic) bond motifs is 1. The Morgan fingerprint density at radius 2 is 1.81 bits per heavy atom. The smallest absolute Gasteiger partial charge is 0.237 e. The van der Waals surface area contributed by atoms with Gasteiger partial charge in [-0.15, -0.1) is 0 Å². The first-order valence-corrected chi connectivity index (χ1v) is 8.96. The van der Waals surface area contributed by atoms with Gasteiger partial charge in [0, 0.05) is 12.6 Å². The van der Waals surface area contributed by atoms with Gasteiger partial charge in [0.2, 0.25) is 5.91 Å². The van der Waals surface area contributed by atoms with Gasteiger partial charge in [0.15, 0.2) is 0 Å². The predicted molar refractivity (Wildman–Crippen MR) is 82.9 cm³/mol. The third kappa shape index (κ3) is 3.78. The van der Waals surface area contributed by atoms with Gasteiger partial charge in [-0.3, -0.25) is 4.79 Å². The molecule has 4 atom stereocenters. The number of carbonyl (C=O) groups is 1. The minimum absolute atomic E-state index is 0.0309. The monoisotopic (exact) mass is 294 g/mol. The van der Waals surface area contributed by atoms with Crippen molar-refractivity contribution in [3.8, 4) is 0 Å². The maximum absolute atomic E-state index is 12.3. The summed E-state index contributed by atoms with van der Waals surface area (Å²) >= 11 is 0. The maximum Gasteiger partial charge on any atom is 0.237 e. The highest BCUT2D eigenvalue weighted by Crippen LogP contribution is 2.33. The van der Waals surface area contributed by atoms with Crippen LogP contribution in [0, 0.1) is 11.8 Å². The highest BCUT2D eigenvalue weighted by atomic mass is 16.3. The molecule has 0 radical (unpaired) electrons. The number of aliphatic hydroxyl groups is 1. The molecule has 0 aromatic rings. The average Bonchev–Trinajstić information content (AvgIpc) is 2.97. The van der Waals surface area contributed by atoms with E-state index in [4.69, 9.17) is 0 Å². The number of aliphatic hydroxyl groups excluding tert-OH is 1. The van der Waals surface area contributed by atoms with Crippen LogP contribution in [-0.4, -0.2) is 35.7 Å². The Labute approximate surface area is 128 Å². The van der Waals surface area contributed by atoms with E-state index in [2.05, 4.69) is 10.6 Å². The Morgan fingerprint density at radius 1 is 1.10 bits per heavy atom. The van der Waals surface area contributed by atoms with Crippen molar-refractivity contribution in [2.24, 2.45) is 11.8 Å². The molecule has 1 saturated heterocycles. The third-order valence-electron chi connectivity index (χ3n) is 5.86. The standard InChI is InChI=1S/C17H30N2O2/c20-16(12-6-2-1-3-7-12)11-18-17(21)15-10-13-8-4-5-9-14(13)19-15/h12-16,19-20H,1-11H2,(H,18,21). The van der Waals surface area contributed by atoms with E-state index >= 15 is 0 Å². The molecule has 0 aromatic heterocycles. The summed E-state index contributed by atoms with van der Waals surface area (Å²) in [7, 11) is 0. The molecule has 120 valence electrons. The molecule has 3 N–H and O–H groups in total. The summed E-state index contributed by atoms with van der Waals surface area (Å²) in [6.07, 6.45) is 11.7. The summed E-state index contributed by atoms with van der Waals surface area (Å²) in [4.78, 5) is 12.3. The number of amides is 1. The molecule has 1 amide bonds. The zero-order chi connectivity index (χ0) is 14.7. The molecule has 1 aliphatic heterocycles. The van der Waals surface area contributed by atoms with Crippen LogP contribution in [0.4, 0.5) is 0 Å². The van der Waals surface area contributed by atoms with E-state index < -0.39 is 0 Å². The summed E-state index contributed by atoms with van der Waals surface area (Å²) < 4.78 is 0. The normalized spacial score (nSPS) is 35.2. The van der Waals surface area contributed by atoms with Gasteiger partial charge in [0.1, 0.15) is 0 Å². The topological polar surface area (TPSA) is 61.4 Å². The molecule has 0 aromatic carbocycles. The van der Waals surface area contributed by atoms with Crippen LogP contribution in [0.5, 0.6) is 0 Å². The molecule has 0 bridgehead atoms. The minimum Gasteiger partial charge on any atom is -0.391 e. The van der Waals surface area contributed by atoms with Crippen LogP contribution in [0.3, 0.4) is 0 Å². The van der Waals surface area contributed by atoms with E-state index in [1.165, 1.54) is 44.9 Å². The first-order chi connectivity index (χ1) is 10.2. The Balaban J connectivity index is 1.41. The predicted octanol–water partition coefficient (Wildman–Crippen LogP) is 1.96. The van der Waals surface area contributed by atoms with E-state index in [1.54, 1.807) is 0 Å². The number of rotatable bonds is 4. The van der Waals surface area contributed by atoms with Gasteiger partial charge in [0.05, 0.1) is 12.1 Å². The van der Waals surface area contributed by atoms with Crippen molar-refractivity contribution in [2.75, 3.05) is 6.54 Å². The van der Waals surface area contributed by atoms with E-state index in [9.17, 15) is 9.90 Å². The van der Waals surface area contributed by atoms with E-state index in [0.717, 1.165) is 19.3 Å². The fraction of sp³-hybridized carbons (Fsp3) is 0.941. The molecule has 3 rings (SSSR count). The van der Waals surface area contributed by atoms with Crippen molar-refractivity contribution < 1.29 is 9.90 Å². The summed E-state index contributed by atoms with van der Waals surface area (Å²) in [6.45, 7) is 0.428. The Kier molecular flexibility index (Phi) is 5.17. The summed E-state index contributed by atoms with van der Waals surface area (Å²) in [6, 6.07) is 0.523. The molecule has 3 aliphatic rings. The zero-order valence-electron chi connectivity index (χ0n) is 13.0. The van der Waals surface area contributed by atoms with Crippen molar-refractivity contribution in [1.82, 2.24) is 10.6 Å². The molecule has 2 saturated carbocycles. The second kappa shape index (κ2) is 7.10. The quantitative estimate of drug-likeness (QED) is 0.743. The largest absolute Gasteiger partial charge is 0.391 e. The second-order valence-corrected chi connectivity index (χ2v) is 7.32. The molecule has 4 nitrogen and oxygen atoms in total. The van der Waals surface area contributed by atoms with Crippen LogP contribution < -0.4 is 10.6 Å². The number of hydrogen-bond donors (Lipinski definition) is 3. The van der Waals surface area contributed by atoms with E-state index in [-0.39, 0.29) is 18.1 Å². The lowest BCUT2D eigenvalue weighted by Crippen LogP contribution is -2.46. The molecule has 4 unspecified atom stereocenters. The van der Waals surface area contributed by atoms with Crippen LogP contribution >= 0.6 is 0 Å². The molecule has 2 aliphatic carbocycles. The second-order valence-electron chi connectivity index (χ2n) is 7.32. The fourth-order valence-corrected chi connectivity index (χ4v) is 4.54. The Hall–Kier alpha value is -0.610. The van der Waals surface area contributed by atoms with Gasteiger partial charge in [-0.2, -0.15) is 0 Å². The zero-order valence-corrected chi connectivity index (χ0v) is 13.0. The van der Waals surface area contributed by atoms with E-state index in [1.807, 2.05) is 0 Å². The lowest BCUT2D eigenvalue weighted by molar-refractivity contribution is -0.123. The molecule has 0 spiro atoms. The first-order valence-electron chi connectivity index (χ1n) is 8.96. The van der Waals surface area contributed by atoms with E-state index in [0.29, 0.717) is 24.4 Å². The average molecular weight is 294 g/mol. The highest BCUT2D eigenvalue weighted by Gasteiger charge is 2.38. The van der Waals surface area contributed by atoms with Crippen LogP contribution in [-0.2, 0) is 4.79 Å². The van der Waals surface area contributed by atoms with Crippen LogP contribution in [0.15, 0.2) is 0 Å². The van der Waals surface area contributed by atoms with Gasteiger partial charge in [0.25, 0.3) is 0 Å². The van der Waals surface area contributed by atoms with Gasteiger partial charge < -0.3 is 15.7 Å². The lowest BCUT2D eigenvalue weighted by atomic mass is 9.85. The number of nitrogens with one attached hydrogen (secondary N) is 2.